The predicted octanol–water partition coefficient (Wildman–Crippen LogP) is 2.97. The number of hydrogen-bond donors (Lipinski definition) is 2. The minimum Gasteiger partial charge on any atom is -0.488 e. The second-order valence-electron chi connectivity index (χ2n) is 6.37. The Labute approximate surface area is 162 Å². The average molecular weight is 380 g/mol. The highest BCUT2D eigenvalue weighted by molar-refractivity contribution is 6.02. The molecular weight excluding hydrogens is 360 g/mol. The third-order valence-electron chi connectivity index (χ3n) is 4.25. The van der Waals surface area contributed by atoms with E-state index in [4.69, 9.17) is 9.47 Å². The Morgan fingerprint density at radius 2 is 1.86 bits per heavy atom. The molecule has 144 valence electrons. The summed E-state index contributed by atoms with van der Waals surface area (Å²) in [7, 11) is 0. The molecule has 2 aromatic carbocycles. The Hall–Kier alpha value is -3.61. The van der Waals surface area contributed by atoms with Crippen LogP contribution in [0.5, 0.6) is 5.75 Å². The van der Waals surface area contributed by atoms with E-state index >= 15 is 0 Å². The Morgan fingerprint density at radius 1 is 1.07 bits per heavy atom. The Balaban J connectivity index is 1.49. The van der Waals surface area contributed by atoms with Crippen molar-refractivity contribution in [2.75, 3.05) is 18.5 Å². The fourth-order valence-electron chi connectivity index (χ4n) is 2.60. The smallest absolute Gasteiger partial charge is 0.338 e. The lowest BCUT2D eigenvalue weighted by Crippen LogP contribution is -2.37. The number of benzene rings is 2. The monoisotopic (exact) mass is 380 g/mol. The molecule has 0 unspecified atom stereocenters. The van der Waals surface area contributed by atoms with Crippen LogP contribution in [0.15, 0.2) is 48.0 Å². The number of anilines is 1. The summed E-state index contributed by atoms with van der Waals surface area (Å²) in [4.78, 5) is 35.8. The molecule has 2 N–H and O–H groups in total. The Morgan fingerprint density at radius 3 is 2.64 bits per heavy atom. The van der Waals surface area contributed by atoms with Gasteiger partial charge in [0.1, 0.15) is 12.4 Å². The van der Waals surface area contributed by atoms with Crippen molar-refractivity contribution in [2.45, 2.75) is 13.8 Å². The van der Waals surface area contributed by atoms with Crippen LogP contribution in [0.3, 0.4) is 0 Å². The summed E-state index contributed by atoms with van der Waals surface area (Å²) in [5.74, 6) is -0.716. The molecule has 0 atom stereocenters. The number of imide groups is 1. The number of nitrogens with one attached hydrogen (secondary N) is 2. The van der Waals surface area contributed by atoms with Crippen LogP contribution in [0.25, 0.3) is 6.08 Å². The molecule has 0 spiro atoms. The van der Waals surface area contributed by atoms with E-state index in [1.807, 2.05) is 38.1 Å². The number of rotatable bonds is 4. The molecule has 3 rings (SSSR count). The topological polar surface area (TPSA) is 93.7 Å². The number of para-hydroxylation sites is 1. The fraction of sp³-hybridized carbons (Fsp3) is 0.190. The summed E-state index contributed by atoms with van der Waals surface area (Å²) >= 11 is 0. The Bertz CT molecular complexity index is 965. The van der Waals surface area contributed by atoms with Gasteiger partial charge in [0.25, 0.3) is 5.91 Å². The quantitative estimate of drug-likeness (QED) is 0.796. The average Bonchev–Trinajstić information content (AvgIpc) is 2.68. The van der Waals surface area contributed by atoms with Gasteiger partial charge in [0.15, 0.2) is 6.61 Å². The van der Waals surface area contributed by atoms with E-state index in [1.165, 1.54) is 0 Å². The summed E-state index contributed by atoms with van der Waals surface area (Å²) in [5.41, 5.74) is 3.73. The van der Waals surface area contributed by atoms with Crippen LogP contribution in [0, 0.1) is 13.8 Å². The molecule has 0 aliphatic carbocycles. The van der Waals surface area contributed by atoms with Crippen LogP contribution in [-0.4, -0.2) is 31.1 Å². The second kappa shape index (κ2) is 8.39. The van der Waals surface area contributed by atoms with Crippen LogP contribution < -0.4 is 15.4 Å². The highest BCUT2D eigenvalue weighted by Gasteiger charge is 2.19. The van der Waals surface area contributed by atoms with Crippen LogP contribution in [-0.2, 0) is 14.3 Å². The third-order valence-corrected chi connectivity index (χ3v) is 4.25. The second-order valence-corrected chi connectivity index (χ2v) is 6.37. The van der Waals surface area contributed by atoms with Crippen LogP contribution >= 0.6 is 0 Å². The first kappa shape index (κ1) is 19.2. The van der Waals surface area contributed by atoms with Crippen LogP contribution in [0.4, 0.5) is 10.5 Å². The van der Waals surface area contributed by atoms with Gasteiger partial charge in [-0.15, -0.1) is 0 Å². The largest absolute Gasteiger partial charge is 0.488 e. The standard InChI is InChI=1S/C21H20N2O5/c1-13-7-8-17(9-14(13)2)22-21(26)23-19(24)12-28-20(25)16-10-15-5-3-4-6-18(15)27-11-16/h3-10H,11-12H2,1-2H3,(H2,22,23,24,26). The highest BCUT2D eigenvalue weighted by Crippen LogP contribution is 2.26. The number of amides is 3. The van der Waals surface area contributed by atoms with Crippen molar-refractivity contribution < 1.29 is 23.9 Å². The van der Waals surface area contributed by atoms with Crippen molar-refractivity contribution in [1.29, 1.82) is 0 Å². The minimum absolute atomic E-state index is 0.0602. The normalized spacial score (nSPS) is 12.1. The molecule has 0 aromatic heterocycles. The van der Waals surface area contributed by atoms with Crippen molar-refractivity contribution in [3.63, 3.8) is 0 Å². The van der Waals surface area contributed by atoms with E-state index in [0.717, 1.165) is 16.7 Å². The maximum atomic E-state index is 12.1. The molecule has 0 saturated carbocycles. The summed E-state index contributed by atoms with van der Waals surface area (Å²) in [6.45, 7) is 3.37. The van der Waals surface area contributed by atoms with Gasteiger partial charge in [-0.3, -0.25) is 10.1 Å². The molecule has 7 heteroatoms. The molecule has 3 amide bonds. The number of aryl methyl sites for hydroxylation is 2. The molecule has 0 bridgehead atoms. The number of esters is 1. The zero-order valence-corrected chi connectivity index (χ0v) is 15.6. The molecule has 2 aromatic rings. The predicted molar refractivity (Wildman–Crippen MR) is 104 cm³/mol. The first-order chi connectivity index (χ1) is 13.4. The van der Waals surface area contributed by atoms with Gasteiger partial charge < -0.3 is 14.8 Å². The summed E-state index contributed by atoms with van der Waals surface area (Å²) < 4.78 is 10.4. The van der Waals surface area contributed by atoms with Gasteiger partial charge in [-0.25, -0.2) is 9.59 Å². The van der Waals surface area contributed by atoms with Gasteiger partial charge in [0.05, 0.1) is 5.57 Å². The van der Waals surface area contributed by atoms with Gasteiger partial charge >= 0.3 is 12.0 Å². The van der Waals surface area contributed by atoms with Crippen LogP contribution in [0.2, 0.25) is 0 Å². The van der Waals surface area contributed by atoms with E-state index in [1.54, 1.807) is 24.3 Å². The molecule has 7 nitrogen and oxygen atoms in total. The Kier molecular flexibility index (Phi) is 5.74. The number of hydrogen-bond acceptors (Lipinski definition) is 5. The van der Waals surface area contributed by atoms with Crippen molar-refractivity contribution in [3.8, 4) is 5.75 Å². The van der Waals surface area contributed by atoms with Crippen LogP contribution in [0.1, 0.15) is 16.7 Å². The number of carbonyl (C=O) groups excluding carboxylic acids is 3. The van der Waals surface area contributed by atoms with Crippen molar-refractivity contribution in [3.05, 3.63) is 64.7 Å². The number of carbonyl (C=O) groups is 3. The maximum Gasteiger partial charge on any atom is 0.338 e. The molecule has 0 saturated heterocycles. The number of fused-ring (bicyclic) bond motifs is 1. The molecule has 1 aliphatic rings. The zero-order valence-electron chi connectivity index (χ0n) is 15.6. The molecule has 0 fully saturated rings. The van der Waals surface area contributed by atoms with E-state index in [2.05, 4.69) is 10.6 Å². The lowest BCUT2D eigenvalue weighted by Gasteiger charge is -2.16. The van der Waals surface area contributed by atoms with Crippen molar-refractivity contribution in [1.82, 2.24) is 5.32 Å². The van der Waals surface area contributed by atoms with Gasteiger partial charge in [0.2, 0.25) is 0 Å². The third kappa shape index (κ3) is 4.76. The summed E-state index contributed by atoms with van der Waals surface area (Å²) in [6.07, 6.45) is 1.66. The van der Waals surface area contributed by atoms with E-state index in [-0.39, 0.29) is 6.61 Å². The number of ether oxygens (including phenoxy) is 2. The lowest BCUT2D eigenvalue weighted by atomic mass is 10.1. The first-order valence-corrected chi connectivity index (χ1v) is 8.70. The molecule has 0 radical (unpaired) electrons. The molecule has 1 heterocycles. The van der Waals surface area contributed by atoms with Gasteiger partial charge in [-0.05, 0) is 49.2 Å². The number of urea groups is 1. The van der Waals surface area contributed by atoms with Gasteiger partial charge in [-0.2, -0.15) is 0 Å². The van der Waals surface area contributed by atoms with E-state index < -0.39 is 24.5 Å². The highest BCUT2D eigenvalue weighted by atomic mass is 16.5. The van der Waals surface area contributed by atoms with Gasteiger partial charge in [-0.1, -0.05) is 24.3 Å². The molecule has 28 heavy (non-hydrogen) atoms. The fourth-order valence-corrected chi connectivity index (χ4v) is 2.60. The zero-order chi connectivity index (χ0) is 20.1. The maximum absolute atomic E-state index is 12.1. The SMILES string of the molecule is Cc1ccc(NC(=O)NC(=O)COC(=O)C2=Cc3ccccc3OC2)cc1C. The van der Waals surface area contributed by atoms with E-state index in [0.29, 0.717) is 17.0 Å². The first-order valence-electron chi connectivity index (χ1n) is 8.70. The molecule has 1 aliphatic heterocycles. The van der Waals surface area contributed by atoms with Crippen molar-refractivity contribution in [2.24, 2.45) is 0 Å². The van der Waals surface area contributed by atoms with Crippen molar-refractivity contribution >= 4 is 29.7 Å². The summed E-state index contributed by atoms with van der Waals surface area (Å²) in [5, 5.41) is 4.68. The molecular formula is C21H20N2O5. The van der Waals surface area contributed by atoms with E-state index in [9.17, 15) is 14.4 Å². The minimum atomic E-state index is -0.729. The van der Waals surface area contributed by atoms with Gasteiger partial charge in [0, 0.05) is 11.3 Å². The summed E-state index contributed by atoms with van der Waals surface area (Å²) in [6, 6.07) is 12.0. The lowest BCUT2D eigenvalue weighted by molar-refractivity contribution is -0.144.